The standard InChI is InChI=1S/C11H21NO3/c1-11(2,3)12-10(14)15-9-6-4-8(13)5-7-9/h8-9,13H,4-7H2,1-3H3,(H,12,14). The zero-order chi connectivity index (χ0) is 11.5. The molecule has 2 N–H and O–H groups in total. The van der Waals surface area contributed by atoms with Crippen molar-refractivity contribution in [2.45, 2.75) is 64.2 Å². The van der Waals surface area contributed by atoms with Crippen molar-refractivity contribution in [2.24, 2.45) is 0 Å². The molecule has 0 aromatic carbocycles. The molecule has 0 heterocycles. The number of ether oxygens (including phenoxy) is 1. The van der Waals surface area contributed by atoms with E-state index in [-0.39, 0.29) is 23.8 Å². The smallest absolute Gasteiger partial charge is 0.407 e. The van der Waals surface area contributed by atoms with E-state index < -0.39 is 0 Å². The molecular weight excluding hydrogens is 194 g/mol. The first-order valence-electron chi connectivity index (χ1n) is 5.54. The number of amides is 1. The molecule has 15 heavy (non-hydrogen) atoms. The predicted molar refractivity (Wildman–Crippen MR) is 57.6 cm³/mol. The summed E-state index contributed by atoms with van der Waals surface area (Å²) < 4.78 is 5.25. The molecule has 0 bridgehead atoms. The molecule has 1 rings (SSSR count). The average molecular weight is 215 g/mol. The number of carbonyl (C=O) groups is 1. The van der Waals surface area contributed by atoms with E-state index in [9.17, 15) is 9.90 Å². The third-order valence-electron chi connectivity index (χ3n) is 2.39. The zero-order valence-corrected chi connectivity index (χ0v) is 9.75. The molecule has 0 radical (unpaired) electrons. The molecule has 0 spiro atoms. The monoisotopic (exact) mass is 215 g/mol. The van der Waals surface area contributed by atoms with Crippen LogP contribution in [0.4, 0.5) is 4.79 Å². The van der Waals surface area contributed by atoms with Gasteiger partial charge >= 0.3 is 6.09 Å². The van der Waals surface area contributed by atoms with Crippen LogP contribution in [0.25, 0.3) is 0 Å². The summed E-state index contributed by atoms with van der Waals surface area (Å²) in [6.07, 6.45) is 2.38. The highest BCUT2D eigenvalue weighted by molar-refractivity contribution is 5.68. The van der Waals surface area contributed by atoms with Gasteiger partial charge in [-0.15, -0.1) is 0 Å². The van der Waals surface area contributed by atoms with E-state index in [1.165, 1.54) is 0 Å². The van der Waals surface area contributed by atoms with Gasteiger partial charge in [-0.2, -0.15) is 0 Å². The molecule has 1 amide bonds. The summed E-state index contributed by atoms with van der Waals surface area (Å²) >= 11 is 0. The van der Waals surface area contributed by atoms with Crippen LogP contribution >= 0.6 is 0 Å². The Hall–Kier alpha value is -0.770. The lowest BCUT2D eigenvalue weighted by Crippen LogP contribution is -2.42. The van der Waals surface area contributed by atoms with Crippen LogP contribution in [0.5, 0.6) is 0 Å². The van der Waals surface area contributed by atoms with Gasteiger partial charge in [-0.1, -0.05) is 0 Å². The third-order valence-corrected chi connectivity index (χ3v) is 2.39. The van der Waals surface area contributed by atoms with E-state index in [4.69, 9.17) is 4.74 Å². The van der Waals surface area contributed by atoms with Gasteiger partial charge in [-0.25, -0.2) is 4.79 Å². The maximum atomic E-state index is 11.4. The van der Waals surface area contributed by atoms with Gasteiger partial charge in [0.05, 0.1) is 6.10 Å². The molecule has 1 aliphatic carbocycles. The summed E-state index contributed by atoms with van der Waals surface area (Å²) in [6, 6.07) is 0. The quantitative estimate of drug-likeness (QED) is 0.701. The van der Waals surface area contributed by atoms with Gasteiger partial charge in [0.15, 0.2) is 0 Å². The molecular formula is C11H21NO3. The van der Waals surface area contributed by atoms with Gasteiger partial charge in [0.25, 0.3) is 0 Å². The number of aliphatic hydroxyl groups is 1. The predicted octanol–water partition coefficient (Wildman–Crippen LogP) is 1.81. The third kappa shape index (κ3) is 5.02. The Balaban J connectivity index is 2.27. The summed E-state index contributed by atoms with van der Waals surface area (Å²) in [4.78, 5) is 11.4. The molecule has 0 aliphatic heterocycles. The summed E-state index contributed by atoms with van der Waals surface area (Å²) in [5.41, 5.74) is -0.259. The van der Waals surface area contributed by atoms with E-state index in [0.717, 1.165) is 25.7 Å². The van der Waals surface area contributed by atoms with Gasteiger partial charge in [0.2, 0.25) is 0 Å². The van der Waals surface area contributed by atoms with Crippen LogP contribution in [0.2, 0.25) is 0 Å². The fraction of sp³-hybridized carbons (Fsp3) is 0.909. The number of alkyl carbamates (subject to hydrolysis) is 1. The first kappa shape index (κ1) is 12.3. The highest BCUT2D eigenvalue weighted by Gasteiger charge is 2.23. The van der Waals surface area contributed by atoms with Crippen molar-refractivity contribution in [3.8, 4) is 0 Å². The van der Waals surface area contributed by atoms with Crippen molar-refractivity contribution in [3.63, 3.8) is 0 Å². The lowest BCUT2D eigenvalue weighted by atomic mass is 9.95. The van der Waals surface area contributed by atoms with Crippen molar-refractivity contribution in [1.29, 1.82) is 0 Å². The maximum Gasteiger partial charge on any atom is 0.407 e. The number of aliphatic hydroxyl groups excluding tert-OH is 1. The minimum absolute atomic E-state index is 0.0317. The Morgan fingerprint density at radius 2 is 1.80 bits per heavy atom. The van der Waals surface area contributed by atoms with Crippen LogP contribution in [-0.4, -0.2) is 28.9 Å². The van der Waals surface area contributed by atoms with Crippen molar-refractivity contribution in [3.05, 3.63) is 0 Å². The summed E-state index contributed by atoms with van der Waals surface area (Å²) in [5.74, 6) is 0. The normalized spacial score (nSPS) is 27.2. The Bertz CT molecular complexity index is 214. The van der Waals surface area contributed by atoms with E-state index >= 15 is 0 Å². The molecule has 88 valence electrons. The highest BCUT2D eigenvalue weighted by atomic mass is 16.6. The van der Waals surface area contributed by atoms with Crippen LogP contribution in [0.3, 0.4) is 0 Å². The van der Waals surface area contributed by atoms with Gasteiger partial charge in [-0.05, 0) is 46.5 Å². The van der Waals surface area contributed by atoms with E-state index in [0.29, 0.717) is 0 Å². The fourth-order valence-electron chi connectivity index (χ4n) is 1.65. The Labute approximate surface area is 91.0 Å². The lowest BCUT2D eigenvalue weighted by molar-refractivity contribution is 0.0316. The minimum atomic E-state index is -0.358. The summed E-state index contributed by atoms with van der Waals surface area (Å²) in [6.45, 7) is 5.75. The second-order valence-corrected chi connectivity index (χ2v) is 5.21. The molecule has 0 unspecified atom stereocenters. The Kier molecular flexibility index (Phi) is 3.97. The summed E-state index contributed by atoms with van der Waals surface area (Å²) in [7, 11) is 0. The van der Waals surface area contributed by atoms with Gasteiger partial charge in [0.1, 0.15) is 6.10 Å². The maximum absolute atomic E-state index is 11.4. The van der Waals surface area contributed by atoms with E-state index in [2.05, 4.69) is 5.32 Å². The highest BCUT2D eigenvalue weighted by Crippen LogP contribution is 2.21. The van der Waals surface area contributed by atoms with Gasteiger partial charge in [-0.3, -0.25) is 0 Å². The first-order valence-corrected chi connectivity index (χ1v) is 5.54. The van der Waals surface area contributed by atoms with Crippen LogP contribution in [0, 0.1) is 0 Å². The number of rotatable bonds is 1. The van der Waals surface area contributed by atoms with Crippen molar-refractivity contribution in [1.82, 2.24) is 5.32 Å². The van der Waals surface area contributed by atoms with Crippen LogP contribution in [-0.2, 0) is 4.74 Å². The zero-order valence-electron chi connectivity index (χ0n) is 9.75. The molecule has 0 saturated heterocycles. The lowest BCUT2D eigenvalue weighted by Gasteiger charge is -2.27. The first-order chi connectivity index (χ1) is 6.87. The van der Waals surface area contributed by atoms with E-state index in [1.54, 1.807) is 0 Å². The van der Waals surface area contributed by atoms with Crippen LogP contribution in [0.1, 0.15) is 46.5 Å². The molecule has 0 atom stereocenters. The number of hydrogen-bond acceptors (Lipinski definition) is 3. The topological polar surface area (TPSA) is 58.6 Å². The van der Waals surface area contributed by atoms with Gasteiger partial charge < -0.3 is 15.2 Å². The molecule has 4 nitrogen and oxygen atoms in total. The van der Waals surface area contributed by atoms with Gasteiger partial charge in [0, 0.05) is 5.54 Å². The molecule has 1 fully saturated rings. The van der Waals surface area contributed by atoms with Crippen LogP contribution < -0.4 is 5.32 Å². The molecule has 4 heteroatoms. The Morgan fingerprint density at radius 3 is 2.27 bits per heavy atom. The minimum Gasteiger partial charge on any atom is -0.446 e. The van der Waals surface area contributed by atoms with Crippen molar-refractivity contribution < 1.29 is 14.6 Å². The number of nitrogens with one attached hydrogen (secondary N) is 1. The molecule has 1 saturated carbocycles. The van der Waals surface area contributed by atoms with Crippen molar-refractivity contribution in [2.75, 3.05) is 0 Å². The Morgan fingerprint density at radius 1 is 1.27 bits per heavy atom. The van der Waals surface area contributed by atoms with E-state index in [1.807, 2.05) is 20.8 Å². The average Bonchev–Trinajstić information content (AvgIpc) is 2.05. The van der Waals surface area contributed by atoms with Crippen molar-refractivity contribution >= 4 is 6.09 Å². The number of hydrogen-bond donors (Lipinski definition) is 2. The molecule has 1 aliphatic rings. The largest absolute Gasteiger partial charge is 0.446 e. The molecule has 0 aromatic rings. The second kappa shape index (κ2) is 4.84. The number of carbonyl (C=O) groups excluding carboxylic acids is 1. The van der Waals surface area contributed by atoms with Crippen LogP contribution in [0.15, 0.2) is 0 Å². The fourth-order valence-corrected chi connectivity index (χ4v) is 1.65. The SMILES string of the molecule is CC(C)(C)NC(=O)OC1CCC(O)CC1. The summed E-state index contributed by atoms with van der Waals surface area (Å²) in [5, 5.41) is 12.0. The molecule has 0 aromatic heterocycles. The second-order valence-electron chi connectivity index (χ2n) is 5.21.